The molecule has 0 atom stereocenters. The van der Waals surface area contributed by atoms with Gasteiger partial charge in [-0.2, -0.15) is 5.10 Å². The lowest BCUT2D eigenvalue weighted by Crippen LogP contribution is -2.07. The Bertz CT molecular complexity index is 706. The molecule has 5 nitrogen and oxygen atoms in total. The molecule has 21 heavy (non-hydrogen) atoms. The highest BCUT2D eigenvalue weighted by molar-refractivity contribution is 5.51. The largest absolute Gasteiger partial charge is 0.379 e. The fourth-order valence-electron chi connectivity index (χ4n) is 2.19. The molecule has 0 saturated carbocycles. The Hall–Kier alpha value is -2.69. The molecule has 0 saturated heterocycles. The first-order chi connectivity index (χ1) is 10.3. The van der Waals surface area contributed by atoms with Gasteiger partial charge in [-0.1, -0.05) is 18.2 Å². The van der Waals surface area contributed by atoms with E-state index in [9.17, 15) is 0 Å². The first-order valence-electron chi connectivity index (χ1n) is 6.89. The number of nitrogens with one attached hydrogen (secondary N) is 1. The van der Waals surface area contributed by atoms with E-state index < -0.39 is 0 Å². The van der Waals surface area contributed by atoms with Crippen molar-refractivity contribution in [3.63, 3.8) is 0 Å². The van der Waals surface area contributed by atoms with Crippen LogP contribution in [0.15, 0.2) is 55.0 Å². The minimum atomic E-state index is 0.680. The minimum absolute atomic E-state index is 0.680. The molecule has 3 rings (SSSR count). The lowest BCUT2D eigenvalue weighted by molar-refractivity contribution is 0.687. The predicted octanol–water partition coefficient (Wildman–Crippen LogP) is 2.64. The molecule has 2 aromatic heterocycles. The smallest absolute Gasteiger partial charge is 0.125 e. The topological polar surface area (TPSA) is 55.6 Å². The molecule has 5 heteroatoms. The standard InChI is InChI=1S/C16H17N5/c1-13-17-9-7-15(20-13)11-18-16-6-3-2-5-14(16)12-21-10-4-8-19-21/h2-10,18H,11-12H2,1H3. The van der Waals surface area contributed by atoms with Crippen molar-refractivity contribution in [2.75, 3.05) is 5.32 Å². The Labute approximate surface area is 123 Å². The number of benzene rings is 1. The van der Waals surface area contributed by atoms with E-state index in [2.05, 4.69) is 32.5 Å². The molecule has 0 spiro atoms. The zero-order valence-electron chi connectivity index (χ0n) is 11.9. The van der Waals surface area contributed by atoms with Crippen LogP contribution in [-0.4, -0.2) is 19.7 Å². The maximum absolute atomic E-state index is 4.40. The van der Waals surface area contributed by atoms with Crippen molar-refractivity contribution in [3.05, 3.63) is 72.1 Å². The number of aryl methyl sites for hydroxylation is 1. The van der Waals surface area contributed by atoms with E-state index in [-0.39, 0.29) is 0 Å². The second-order valence-corrected chi connectivity index (χ2v) is 4.81. The Kier molecular flexibility index (Phi) is 3.91. The summed E-state index contributed by atoms with van der Waals surface area (Å²) in [5.41, 5.74) is 3.28. The number of anilines is 1. The Morgan fingerprint density at radius 2 is 2.00 bits per heavy atom. The van der Waals surface area contributed by atoms with Crippen LogP contribution in [0.2, 0.25) is 0 Å². The Morgan fingerprint density at radius 1 is 1.10 bits per heavy atom. The highest BCUT2D eigenvalue weighted by Crippen LogP contribution is 2.16. The molecule has 0 aliphatic heterocycles. The van der Waals surface area contributed by atoms with E-state index in [4.69, 9.17) is 0 Å². The summed E-state index contributed by atoms with van der Waals surface area (Å²) in [6.45, 7) is 3.33. The lowest BCUT2D eigenvalue weighted by Gasteiger charge is -2.12. The van der Waals surface area contributed by atoms with E-state index in [0.29, 0.717) is 6.54 Å². The molecule has 106 valence electrons. The van der Waals surface area contributed by atoms with Crippen molar-refractivity contribution in [1.29, 1.82) is 0 Å². The van der Waals surface area contributed by atoms with Crippen molar-refractivity contribution in [2.45, 2.75) is 20.0 Å². The molecule has 0 bridgehead atoms. The lowest BCUT2D eigenvalue weighted by atomic mass is 10.1. The van der Waals surface area contributed by atoms with Gasteiger partial charge in [-0.3, -0.25) is 4.68 Å². The average Bonchev–Trinajstić information content (AvgIpc) is 2.99. The van der Waals surface area contributed by atoms with Gasteiger partial charge in [0.2, 0.25) is 0 Å². The maximum atomic E-state index is 4.40. The molecule has 2 heterocycles. The van der Waals surface area contributed by atoms with Crippen LogP contribution >= 0.6 is 0 Å². The van der Waals surface area contributed by atoms with Crippen LogP contribution in [0.3, 0.4) is 0 Å². The van der Waals surface area contributed by atoms with Gasteiger partial charge in [-0.05, 0) is 30.7 Å². The summed E-state index contributed by atoms with van der Waals surface area (Å²) in [5.74, 6) is 0.791. The highest BCUT2D eigenvalue weighted by Gasteiger charge is 2.03. The molecular formula is C16H17N5. The SMILES string of the molecule is Cc1nccc(CNc2ccccc2Cn2cccn2)n1. The Morgan fingerprint density at radius 3 is 2.81 bits per heavy atom. The second-order valence-electron chi connectivity index (χ2n) is 4.81. The van der Waals surface area contributed by atoms with E-state index in [1.807, 2.05) is 42.1 Å². The Balaban J connectivity index is 1.73. The number of rotatable bonds is 5. The zero-order chi connectivity index (χ0) is 14.5. The fourth-order valence-corrected chi connectivity index (χ4v) is 2.19. The fraction of sp³-hybridized carbons (Fsp3) is 0.188. The van der Waals surface area contributed by atoms with Gasteiger partial charge >= 0.3 is 0 Å². The van der Waals surface area contributed by atoms with E-state index >= 15 is 0 Å². The third-order valence-electron chi connectivity index (χ3n) is 3.20. The molecule has 1 aromatic carbocycles. The third-order valence-corrected chi connectivity index (χ3v) is 3.20. The number of aromatic nitrogens is 4. The monoisotopic (exact) mass is 279 g/mol. The van der Waals surface area contributed by atoms with Gasteiger partial charge in [0, 0.05) is 24.3 Å². The van der Waals surface area contributed by atoms with Gasteiger partial charge in [-0.25, -0.2) is 9.97 Å². The van der Waals surface area contributed by atoms with Crippen LogP contribution in [0.4, 0.5) is 5.69 Å². The summed E-state index contributed by atoms with van der Waals surface area (Å²) in [6, 6.07) is 12.1. The van der Waals surface area contributed by atoms with Crippen molar-refractivity contribution in [2.24, 2.45) is 0 Å². The molecule has 3 aromatic rings. The van der Waals surface area contributed by atoms with Crippen LogP contribution in [0.5, 0.6) is 0 Å². The van der Waals surface area contributed by atoms with E-state index in [1.165, 1.54) is 5.56 Å². The van der Waals surface area contributed by atoms with E-state index in [0.717, 1.165) is 23.8 Å². The quantitative estimate of drug-likeness (QED) is 0.780. The van der Waals surface area contributed by atoms with Gasteiger partial charge in [-0.15, -0.1) is 0 Å². The van der Waals surface area contributed by atoms with Crippen molar-refractivity contribution in [1.82, 2.24) is 19.7 Å². The third kappa shape index (κ3) is 3.45. The van der Waals surface area contributed by atoms with Gasteiger partial charge in [0.05, 0.1) is 18.8 Å². The van der Waals surface area contributed by atoms with Gasteiger partial charge < -0.3 is 5.32 Å². The number of para-hydroxylation sites is 1. The predicted molar refractivity (Wildman–Crippen MR) is 81.9 cm³/mol. The molecule has 1 N–H and O–H groups in total. The molecular weight excluding hydrogens is 262 g/mol. The second kappa shape index (κ2) is 6.17. The van der Waals surface area contributed by atoms with Crippen LogP contribution in [0.25, 0.3) is 0 Å². The molecule has 0 fully saturated rings. The summed E-state index contributed by atoms with van der Waals surface area (Å²) in [5, 5.41) is 7.69. The number of hydrogen-bond acceptors (Lipinski definition) is 4. The van der Waals surface area contributed by atoms with Gasteiger partial charge in [0.25, 0.3) is 0 Å². The molecule has 0 aliphatic rings. The first kappa shape index (κ1) is 13.3. The number of nitrogens with zero attached hydrogens (tertiary/aromatic N) is 4. The van der Waals surface area contributed by atoms with Crippen LogP contribution in [-0.2, 0) is 13.1 Å². The average molecular weight is 279 g/mol. The van der Waals surface area contributed by atoms with Crippen molar-refractivity contribution >= 4 is 5.69 Å². The van der Waals surface area contributed by atoms with Crippen molar-refractivity contribution < 1.29 is 0 Å². The van der Waals surface area contributed by atoms with Crippen LogP contribution < -0.4 is 5.32 Å². The maximum Gasteiger partial charge on any atom is 0.125 e. The zero-order valence-corrected chi connectivity index (χ0v) is 11.9. The molecule has 0 amide bonds. The van der Waals surface area contributed by atoms with Gasteiger partial charge in [0.1, 0.15) is 5.82 Å². The summed E-state index contributed by atoms with van der Waals surface area (Å²) in [4.78, 5) is 8.51. The number of hydrogen-bond donors (Lipinski definition) is 1. The summed E-state index contributed by atoms with van der Waals surface area (Å²) in [6.07, 6.45) is 5.54. The van der Waals surface area contributed by atoms with Gasteiger partial charge in [0.15, 0.2) is 0 Å². The highest BCUT2D eigenvalue weighted by atomic mass is 15.3. The summed E-state index contributed by atoms with van der Waals surface area (Å²) in [7, 11) is 0. The minimum Gasteiger partial charge on any atom is -0.379 e. The van der Waals surface area contributed by atoms with Crippen LogP contribution in [0.1, 0.15) is 17.1 Å². The van der Waals surface area contributed by atoms with E-state index in [1.54, 1.807) is 12.4 Å². The summed E-state index contributed by atoms with van der Waals surface area (Å²) >= 11 is 0. The molecule has 0 radical (unpaired) electrons. The normalized spacial score (nSPS) is 10.5. The van der Waals surface area contributed by atoms with Crippen molar-refractivity contribution in [3.8, 4) is 0 Å². The molecule has 0 aliphatic carbocycles. The first-order valence-corrected chi connectivity index (χ1v) is 6.89. The molecule has 0 unspecified atom stereocenters. The summed E-state index contributed by atoms with van der Waals surface area (Å²) < 4.78 is 1.91. The van der Waals surface area contributed by atoms with Crippen LogP contribution in [0, 0.1) is 6.92 Å².